The summed E-state index contributed by atoms with van der Waals surface area (Å²) in [5.74, 6) is 0.217. The fourth-order valence-corrected chi connectivity index (χ4v) is 6.88. The van der Waals surface area contributed by atoms with Gasteiger partial charge in [0.25, 0.3) is 5.91 Å². The Morgan fingerprint density at radius 1 is 1.16 bits per heavy atom. The zero-order valence-corrected chi connectivity index (χ0v) is 19.9. The van der Waals surface area contributed by atoms with Crippen LogP contribution in [0.1, 0.15) is 55.6 Å². The fraction of sp³-hybridized carbons (Fsp3) is 0.478. The quantitative estimate of drug-likeness (QED) is 0.546. The Bertz CT molecular complexity index is 1160. The van der Waals surface area contributed by atoms with Gasteiger partial charge in [0, 0.05) is 18.8 Å². The number of anilines is 1. The molecule has 3 aliphatic rings. The van der Waals surface area contributed by atoms with Crippen molar-refractivity contribution in [2.45, 2.75) is 54.6 Å². The average molecular weight is 493 g/mol. The molecule has 1 saturated heterocycles. The molecule has 1 N–H and O–H groups in total. The van der Waals surface area contributed by atoms with Crippen LogP contribution < -0.4 is 5.32 Å². The number of amides is 1. The molecule has 2 saturated carbocycles. The van der Waals surface area contributed by atoms with Gasteiger partial charge in [-0.15, -0.1) is 0 Å². The second-order valence-corrected chi connectivity index (χ2v) is 12.6. The lowest BCUT2D eigenvalue weighted by atomic mass is 9.93. The minimum absolute atomic E-state index is 0.226. The van der Waals surface area contributed by atoms with Gasteiger partial charge in [-0.25, -0.2) is 13.4 Å². The van der Waals surface area contributed by atoms with E-state index in [2.05, 4.69) is 10.3 Å². The van der Waals surface area contributed by atoms with E-state index in [4.69, 9.17) is 16.3 Å². The number of rotatable bonds is 7. The van der Waals surface area contributed by atoms with Crippen molar-refractivity contribution in [1.82, 2.24) is 4.98 Å². The zero-order chi connectivity index (χ0) is 22.3. The number of benzene rings is 1. The van der Waals surface area contributed by atoms with Gasteiger partial charge >= 0.3 is 0 Å². The van der Waals surface area contributed by atoms with Crippen LogP contribution in [0.3, 0.4) is 0 Å². The van der Waals surface area contributed by atoms with Crippen LogP contribution in [0.25, 0.3) is 5.57 Å². The smallest absolute Gasteiger partial charge is 0.257 e. The normalized spacial score (nSPS) is 20.3. The molecule has 2 heterocycles. The number of allylic oxidation sites excluding steroid dienone is 1. The van der Waals surface area contributed by atoms with E-state index in [1.807, 2.05) is 12.1 Å². The van der Waals surface area contributed by atoms with Crippen LogP contribution in [-0.2, 0) is 19.4 Å². The van der Waals surface area contributed by atoms with Crippen molar-refractivity contribution in [1.29, 1.82) is 0 Å². The lowest BCUT2D eigenvalue weighted by molar-refractivity contribution is -0.111. The predicted molar refractivity (Wildman–Crippen MR) is 126 cm³/mol. The van der Waals surface area contributed by atoms with Crippen LogP contribution in [0.5, 0.6) is 0 Å². The molecular formula is C23H25ClN2O4S2. The minimum Gasteiger partial charge on any atom is -0.381 e. The van der Waals surface area contributed by atoms with E-state index < -0.39 is 9.84 Å². The summed E-state index contributed by atoms with van der Waals surface area (Å²) in [6, 6.07) is 5.41. The molecule has 5 rings (SSSR count). The molecule has 0 radical (unpaired) electrons. The lowest BCUT2D eigenvalue weighted by Crippen LogP contribution is -2.18. The number of thiazole rings is 1. The summed E-state index contributed by atoms with van der Waals surface area (Å²) in [4.78, 5) is 17.9. The van der Waals surface area contributed by atoms with E-state index in [1.165, 1.54) is 17.5 Å². The van der Waals surface area contributed by atoms with Gasteiger partial charge in [0.15, 0.2) is 15.0 Å². The molecule has 0 spiro atoms. The topological polar surface area (TPSA) is 85.4 Å². The van der Waals surface area contributed by atoms with Gasteiger partial charge in [-0.3, -0.25) is 10.1 Å². The van der Waals surface area contributed by atoms with E-state index in [9.17, 15) is 13.2 Å². The number of hydrogen-bond acceptors (Lipinski definition) is 6. The molecule has 9 heteroatoms. The van der Waals surface area contributed by atoms with E-state index in [-0.39, 0.29) is 23.0 Å². The van der Waals surface area contributed by atoms with Crippen LogP contribution in [-0.4, -0.2) is 37.8 Å². The molecule has 170 valence electrons. The van der Waals surface area contributed by atoms with Crippen molar-refractivity contribution in [3.05, 3.63) is 45.9 Å². The number of carbonyl (C=O) groups is 1. The highest BCUT2D eigenvalue weighted by atomic mass is 35.5. The van der Waals surface area contributed by atoms with Crippen molar-refractivity contribution in [3.8, 4) is 0 Å². The Balaban J connectivity index is 1.52. The first-order chi connectivity index (χ1) is 15.4. The number of nitrogens with zero attached hydrogens (tertiary/aromatic N) is 1. The van der Waals surface area contributed by atoms with Crippen LogP contribution in [0.4, 0.5) is 5.13 Å². The largest absolute Gasteiger partial charge is 0.381 e. The SMILES string of the molecule is O=C(Nc1ncc(Cl)s1)C(=CC1CCOCC1)c1ccc(S(=O)(=O)C2CC2)c(C2CC2)c1. The highest BCUT2D eigenvalue weighted by Gasteiger charge is 2.40. The molecule has 1 aromatic heterocycles. The number of aromatic nitrogens is 1. The molecule has 2 aliphatic carbocycles. The fourth-order valence-electron chi connectivity index (χ4n) is 4.14. The summed E-state index contributed by atoms with van der Waals surface area (Å²) in [5, 5.41) is 3.04. The zero-order valence-electron chi connectivity index (χ0n) is 17.6. The molecule has 0 bridgehead atoms. The van der Waals surface area contributed by atoms with E-state index in [1.54, 1.807) is 12.1 Å². The van der Waals surface area contributed by atoms with Gasteiger partial charge in [-0.2, -0.15) is 0 Å². The van der Waals surface area contributed by atoms with Crippen molar-refractivity contribution < 1.29 is 17.9 Å². The van der Waals surface area contributed by atoms with Gasteiger partial charge in [0.2, 0.25) is 0 Å². The monoisotopic (exact) mass is 492 g/mol. The standard InChI is InChI=1S/C23H25ClN2O4S2/c24-21-13-25-23(31-21)26-22(27)19(11-14-7-9-30-10-8-14)16-3-6-20(18(12-16)15-1-2-15)32(28,29)17-4-5-17/h3,6,11-15,17H,1-2,4-5,7-10H2,(H,25,26,27). The van der Waals surface area contributed by atoms with E-state index in [0.29, 0.717) is 33.2 Å². The molecule has 1 amide bonds. The highest BCUT2D eigenvalue weighted by Crippen LogP contribution is 2.46. The van der Waals surface area contributed by atoms with Gasteiger partial charge in [-0.1, -0.05) is 35.1 Å². The molecule has 0 unspecified atom stereocenters. The van der Waals surface area contributed by atoms with Crippen molar-refractivity contribution in [2.75, 3.05) is 18.5 Å². The second kappa shape index (κ2) is 8.89. The van der Waals surface area contributed by atoms with Crippen LogP contribution in [0.15, 0.2) is 35.4 Å². The summed E-state index contributed by atoms with van der Waals surface area (Å²) in [7, 11) is -3.30. The maximum absolute atomic E-state index is 13.3. The number of carbonyl (C=O) groups excluding carboxylic acids is 1. The van der Waals surface area contributed by atoms with Crippen LogP contribution in [0, 0.1) is 5.92 Å². The lowest BCUT2D eigenvalue weighted by Gasteiger charge is -2.21. The molecule has 2 aromatic rings. The van der Waals surface area contributed by atoms with Gasteiger partial charge < -0.3 is 4.74 Å². The van der Waals surface area contributed by atoms with E-state index >= 15 is 0 Å². The average Bonchev–Trinajstić information content (AvgIpc) is 3.70. The maximum atomic E-state index is 13.3. The van der Waals surface area contributed by atoms with Crippen molar-refractivity contribution in [3.63, 3.8) is 0 Å². The minimum atomic E-state index is -3.30. The summed E-state index contributed by atoms with van der Waals surface area (Å²) in [5.41, 5.74) is 2.14. The summed E-state index contributed by atoms with van der Waals surface area (Å²) >= 11 is 7.17. The summed E-state index contributed by atoms with van der Waals surface area (Å²) in [6.07, 6.45) is 8.66. The second-order valence-electron chi connectivity index (χ2n) is 8.73. The number of hydrogen-bond donors (Lipinski definition) is 1. The molecule has 3 fully saturated rings. The van der Waals surface area contributed by atoms with Crippen molar-refractivity contribution >= 4 is 49.4 Å². The Labute approximate surface area is 197 Å². The van der Waals surface area contributed by atoms with Crippen LogP contribution >= 0.6 is 22.9 Å². The highest BCUT2D eigenvalue weighted by molar-refractivity contribution is 7.92. The number of sulfone groups is 1. The number of nitrogens with one attached hydrogen (secondary N) is 1. The Morgan fingerprint density at radius 3 is 2.53 bits per heavy atom. The first-order valence-electron chi connectivity index (χ1n) is 11.0. The Kier molecular flexibility index (Phi) is 6.13. The molecule has 1 aromatic carbocycles. The van der Waals surface area contributed by atoms with Gasteiger partial charge in [0.1, 0.15) is 4.34 Å². The third-order valence-electron chi connectivity index (χ3n) is 6.22. The maximum Gasteiger partial charge on any atom is 0.257 e. The first-order valence-corrected chi connectivity index (χ1v) is 13.8. The number of ether oxygens (including phenoxy) is 1. The van der Waals surface area contributed by atoms with Gasteiger partial charge in [-0.05, 0) is 73.6 Å². The Morgan fingerprint density at radius 2 is 1.91 bits per heavy atom. The predicted octanol–water partition coefficient (Wildman–Crippen LogP) is 5.06. The molecule has 0 atom stereocenters. The third-order valence-corrected chi connectivity index (χ3v) is 9.58. The van der Waals surface area contributed by atoms with Gasteiger partial charge in [0.05, 0.1) is 16.3 Å². The molecule has 6 nitrogen and oxygen atoms in total. The van der Waals surface area contributed by atoms with E-state index in [0.717, 1.165) is 49.7 Å². The third kappa shape index (κ3) is 4.78. The molecule has 1 aliphatic heterocycles. The molecular weight excluding hydrogens is 468 g/mol. The molecule has 32 heavy (non-hydrogen) atoms. The van der Waals surface area contributed by atoms with Crippen LogP contribution in [0.2, 0.25) is 4.34 Å². The Hall–Kier alpha value is -1.74. The first kappa shape index (κ1) is 22.1. The summed E-state index contributed by atoms with van der Waals surface area (Å²) in [6.45, 7) is 1.34. The number of halogens is 1. The summed E-state index contributed by atoms with van der Waals surface area (Å²) < 4.78 is 32.0. The van der Waals surface area contributed by atoms with Crippen molar-refractivity contribution in [2.24, 2.45) is 5.92 Å².